The van der Waals surface area contributed by atoms with Gasteiger partial charge in [0.25, 0.3) is 5.91 Å². The molecular formula is C29H32ClN7O3. The van der Waals surface area contributed by atoms with Gasteiger partial charge < -0.3 is 20.7 Å². The summed E-state index contributed by atoms with van der Waals surface area (Å²) in [4.78, 5) is 26.9. The molecule has 2 atom stereocenters. The minimum absolute atomic E-state index is 0.152. The van der Waals surface area contributed by atoms with Crippen molar-refractivity contribution in [3.05, 3.63) is 52.3 Å². The third-order valence-electron chi connectivity index (χ3n) is 8.02. The van der Waals surface area contributed by atoms with Gasteiger partial charge in [0.2, 0.25) is 5.91 Å². The summed E-state index contributed by atoms with van der Waals surface area (Å²) < 4.78 is 9.19. The summed E-state index contributed by atoms with van der Waals surface area (Å²) in [6.45, 7) is 4.39. The first-order chi connectivity index (χ1) is 19.4. The van der Waals surface area contributed by atoms with Crippen molar-refractivity contribution in [2.24, 2.45) is 5.73 Å². The number of hydrogen-bond acceptors (Lipinski definition) is 6. The zero-order valence-electron chi connectivity index (χ0n) is 22.6. The minimum atomic E-state index is -0.646. The van der Waals surface area contributed by atoms with Crippen molar-refractivity contribution in [3.63, 3.8) is 0 Å². The van der Waals surface area contributed by atoms with Crippen LogP contribution in [0.25, 0.3) is 10.9 Å². The number of benzene rings is 1. The van der Waals surface area contributed by atoms with Gasteiger partial charge in [0.1, 0.15) is 11.4 Å². The molecule has 3 aromatic rings. The summed E-state index contributed by atoms with van der Waals surface area (Å²) in [6, 6.07) is 2.08. The lowest BCUT2D eigenvalue weighted by Gasteiger charge is -2.22. The molecule has 10 nitrogen and oxygen atoms in total. The van der Waals surface area contributed by atoms with Crippen molar-refractivity contribution < 1.29 is 14.3 Å². The van der Waals surface area contributed by atoms with Gasteiger partial charge >= 0.3 is 0 Å². The molecule has 0 radical (unpaired) electrons. The van der Waals surface area contributed by atoms with Crippen LogP contribution >= 0.6 is 11.6 Å². The number of nitrogens with two attached hydrogens (primary N) is 1. The molecule has 11 heteroatoms. The lowest BCUT2D eigenvalue weighted by atomic mass is 10.0. The Morgan fingerprint density at radius 3 is 2.65 bits per heavy atom. The molecule has 0 bridgehead atoms. The number of amides is 2. The number of methoxy groups -OCH3 is 1. The van der Waals surface area contributed by atoms with Crippen molar-refractivity contribution >= 4 is 40.1 Å². The maximum absolute atomic E-state index is 12.6. The van der Waals surface area contributed by atoms with E-state index in [9.17, 15) is 9.59 Å². The van der Waals surface area contributed by atoms with Gasteiger partial charge in [-0.2, -0.15) is 10.2 Å². The van der Waals surface area contributed by atoms with Crippen LogP contribution < -0.4 is 11.1 Å². The van der Waals surface area contributed by atoms with E-state index in [1.165, 1.54) is 11.6 Å². The Kier molecular flexibility index (Phi) is 6.80. The fourth-order valence-corrected chi connectivity index (χ4v) is 6.12. The largest absolute Gasteiger partial charge is 0.383 e. The highest BCUT2D eigenvalue weighted by Gasteiger charge is 2.38. The molecule has 1 aliphatic heterocycles. The van der Waals surface area contributed by atoms with Crippen LogP contribution in [-0.4, -0.2) is 69.6 Å². The highest BCUT2D eigenvalue weighted by Crippen LogP contribution is 2.47. The van der Waals surface area contributed by atoms with Crippen molar-refractivity contribution in [1.82, 2.24) is 24.5 Å². The second-order valence-corrected chi connectivity index (χ2v) is 11.2. The molecule has 3 fully saturated rings. The van der Waals surface area contributed by atoms with Crippen LogP contribution in [0.15, 0.2) is 24.9 Å². The zero-order chi connectivity index (χ0) is 28.1. The number of aromatic nitrogens is 4. The van der Waals surface area contributed by atoms with E-state index in [1.54, 1.807) is 23.7 Å². The SMILES string of the molecule is C=CC(=O)N1C[C@@H](n2nc(C#Cc3c(Cl)cc(C4CC4)c4c3cnn4C3CC3)c(C(N)=O)c2NC)C[C@@H]1COC. The Balaban J connectivity index is 1.42. The Morgan fingerprint density at radius 1 is 1.25 bits per heavy atom. The van der Waals surface area contributed by atoms with Gasteiger partial charge in [-0.15, -0.1) is 0 Å². The van der Waals surface area contributed by atoms with Crippen LogP contribution in [-0.2, 0) is 9.53 Å². The third kappa shape index (κ3) is 4.53. The lowest BCUT2D eigenvalue weighted by molar-refractivity contribution is -0.127. The normalized spacial score (nSPS) is 20.4. The van der Waals surface area contributed by atoms with Gasteiger partial charge in [0, 0.05) is 26.1 Å². The fourth-order valence-electron chi connectivity index (χ4n) is 5.85. The molecule has 3 N–H and O–H groups in total. The van der Waals surface area contributed by atoms with E-state index in [0.717, 1.165) is 36.6 Å². The number of halogens is 1. The standard InChI is InChI=1S/C29H32ClN7O3/c1-4-25(38)35-14-18(11-19(35)15-40-3)37-29(32-2)26(28(31)39)24(34-37)10-9-20-22-13-33-36(17-7-8-17)27(22)21(12-23(20)30)16-5-6-16/h4,12-13,16-19,32H,1,5-8,11,14-15H2,2-3H3,(H2,31,39)/t18-,19+/m0/s1. The number of nitrogens with zero attached hydrogens (tertiary/aromatic N) is 5. The van der Waals surface area contributed by atoms with Crippen LogP contribution in [0.5, 0.6) is 0 Å². The number of anilines is 1. The lowest BCUT2D eigenvalue weighted by Crippen LogP contribution is -2.37. The first-order valence-corrected chi connectivity index (χ1v) is 14.0. The zero-order valence-corrected chi connectivity index (χ0v) is 23.4. The summed E-state index contributed by atoms with van der Waals surface area (Å²) in [6.07, 6.45) is 8.29. The smallest absolute Gasteiger partial charge is 0.255 e. The number of nitrogens with one attached hydrogen (secondary N) is 1. The number of ether oxygens (including phenoxy) is 1. The molecule has 2 amide bonds. The quantitative estimate of drug-likeness (QED) is 0.320. The Hall–Kier alpha value is -3.81. The van der Waals surface area contributed by atoms with E-state index in [4.69, 9.17) is 32.3 Å². The van der Waals surface area contributed by atoms with Crippen LogP contribution in [0.1, 0.15) is 77.3 Å². The first kappa shape index (κ1) is 26.4. The number of rotatable bonds is 8. The van der Waals surface area contributed by atoms with Gasteiger partial charge in [-0.05, 0) is 61.6 Å². The van der Waals surface area contributed by atoms with E-state index in [2.05, 4.69) is 28.4 Å². The Morgan fingerprint density at radius 2 is 2.02 bits per heavy atom. The van der Waals surface area contributed by atoms with Crippen LogP contribution in [0.2, 0.25) is 5.02 Å². The number of carbonyl (C=O) groups excluding carboxylic acids is 2. The number of fused-ring (bicyclic) bond motifs is 1. The molecule has 40 heavy (non-hydrogen) atoms. The van der Waals surface area contributed by atoms with Crippen molar-refractivity contribution in [2.45, 2.75) is 56.1 Å². The summed E-state index contributed by atoms with van der Waals surface area (Å²) in [7, 11) is 3.30. The van der Waals surface area contributed by atoms with E-state index >= 15 is 0 Å². The molecule has 2 saturated carbocycles. The second-order valence-electron chi connectivity index (χ2n) is 10.8. The topological polar surface area (TPSA) is 120 Å². The monoisotopic (exact) mass is 561 g/mol. The summed E-state index contributed by atoms with van der Waals surface area (Å²) in [5, 5.41) is 14.0. The molecule has 208 valence electrons. The van der Waals surface area contributed by atoms with E-state index in [1.807, 2.05) is 12.3 Å². The van der Waals surface area contributed by atoms with Gasteiger partial charge in [-0.25, -0.2) is 4.68 Å². The average molecular weight is 562 g/mol. The third-order valence-corrected chi connectivity index (χ3v) is 8.32. The van der Waals surface area contributed by atoms with Crippen molar-refractivity contribution in [1.29, 1.82) is 0 Å². The number of likely N-dealkylation sites (tertiary alicyclic amines) is 1. The van der Waals surface area contributed by atoms with Crippen LogP contribution in [0.4, 0.5) is 5.82 Å². The van der Waals surface area contributed by atoms with Crippen LogP contribution in [0.3, 0.4) is 0 Å². The first-order valence-electron chi connectivity index (χ1n) is 13.6. The average Bonchev–Trinajstić information content (AvgIpc) is 3.85. The summed E-state index contributed by atoms with van der Waals surface area (Å²) >= 11 is 6.80. The Labute approximate surface area is 237 Å². The minimum Gasteiger partial charge on any atom is -0.383 e. The highest BCUT2D eigenvalue weighted by atomic mass is 35.5. The number of primary amides is 1. The van der Waals surface area contributed by atoms with Gasteiger partial charge in [-0.1, -0.05) is 24.1 Å². The maximum atomic E-state index is 12.6. The fraction of sp³-hybridized carbons (Fsp3) is 0.448. The predicted octanol–water partition coefficient (Wildman–Crippen LogP) is 3.61. The van der Waals surface area contributed by atoms with E-state index in [-0.39, 0.29) is 29.2 Å². The van der Waals surface area contributed by atoms with Gasteiger partial charge in [-0.3, -0.25) is 14.3 Å². The van der Waals surface area contributed by atoms with Crippen LogP contribution in [0, 0.1) is 11.8 Å². The summed E-state index contributed by atoms with van der Waals surface area (Å²) in [5.74, 6) is 6.43. The molecule has 1 aromatic carbocycles. The predicted molar refractivity (Wildman–Crippen MR) is 152 cm³/mol. The molecule has 6 rings (SSSR count). The second kappa shape index (κ2) is 10.3. The number of carbonyl (C=O) groups is 2. The van der Waals surface area contributed by atoms with Gasteiger partial charge in [0.15, 0.2) is 5.69 Å². The maximum Gasteiger partial charge on any atom is 0.255 e. The number of hydrogen-bond donors (Lipinski definition) is 2. The molecule has 1 saturated heterocycles. The molecule has 0 spiro atoms. The highest BCUT2D eigenvalue weighted by molar-refractivity contribution is 6.33. The van der Waals surface area contributed by atoms with Gasteiger partial charge in [0.05, 0.1) is 47.0 Å². The Bertz CT molecular complexity index is 1590. The van der Waals surface area contributed by atoms with Crippen molar-refractivity contribution in [2.75, 3.05) is 32.6 Å². The molecule has 3 aliphatic rings. The molecule has 3 heterocycles. The van der Waals surface area contributed by atoms with E-state index in [0.29, 0.717) is 47.9 Å². The molecular weight excluding hydrogens is 530 g/mol. The molecule has 2 aromatic heterocycles. The summed E-state index contributed by atoms with van der Waals surface area (Å²) in [5.41, 5.74) is 9.28. The van der Waals surface area contributed by atoms with Crippen molar-refractivity contribution in [3.8, 4) is 11.8 Å². The molecule has 0 unspecified atom stereocenters. The molecule has 2 aliphatic carbocycles. The van der Waals surface area contributed by atoms with E-state index < -0.39 is 5.91 Å².